The molecule has 1 aromatic heterocycles. The Labute approximate surface area is 119 Å². The molecular weight excluding hydrogens is 246 g/mol. The Balaban J connectivity index is 1.65. The topological polar surface area (TPSA) is 42.1 Å². The number of hydrogen-bond donors (Lipinski definition) is 1. The van der Waals surface area contributed by atoms with E-state index in [0.29, 0.717) is 18.1 Å². The highest BCUT2D eigenvalue weighted by atomic mass is 15.2. The minimum absolute atomic E-state index is 0.415. The largest absolute Gasteiger partial charge is 0.328 e. The van der Waals surface area contributed by atoms with Crippen molar-refractivity contribution in [2.45, 2.75) is 50.4 Å². The highest BCUT2D eigenvalue weighted by molar-refractivity contribution is 5.81. The van der Waals surface area contributed by atoms with E-state index in [9.17, 15) is 0 Å². The molecule has 0 aliphatic carbocycles. The lowest BCUT2D eigenvalue weighted by Gasteiger charge is -2.37. The van der Waals surface area contributed by atoms with Crippen LogP contribution in [0.5, 0.6) is 0 Å². The minimum Gasteiger partial charge on any atom is -0.328 e. The first kappa shape index (κ1) is 12.3. The maximum absolute atomic E-state index is 6.17. The molecule has 0 radical (unpaired) electrons. The lowest BCUT2D eigenvalue weighted by Crippen LogP contribution is -2.46. The smallest absolute Gasteiger partial charge is 0.0705 e. The number of rotatable bonds is 2. The number of piperidine rings is 1. The summed E-state index contributed by atoms with van der Waals surface area (Å²) in [7, 11) is 0. The van der Waals surface area contributed by atoms with Crippen molar-refractivity contribution >= 4 is 10.9 Å². The molecule has 2 atom stereocenters. The molecule has 0 saturated carbocycles. The molecule has 0 amide bonds. The van der Waals surface area contributed by atoms with Crippen LogP contribution in [0.25, 0.3) is 10.9 Å². The van der Waals surface area contributed by atoms with Gasteiger partial charge in [-0.25, -0.2) is 0 Å². The molecule has 2 N–H and O–H groups in total. The first-order chi connectivity index (χ1) is 9.81. The van der Waals surface area contributed by atoms with Crippen LogP contribution in [0.3, 0.4) is 0 Å². The predicted octanol–water partition coefficient (Wildman–Crippen LogP) is 2.69. The number of aromatic nitrogens is 1. The molecule has 104 valence electrons. The van der Waals surface area contributed by atoms with E-state index >= 15 is 0 Å². The maximum atomic E-state index is 6.17. The highest BCUT2D eigenvalue weighted by Gasteiger charge is 2.39. The standard InChI is InChI=1S/C17H21N3/c18-13-9-14-5-6-15(10-13)20(14)11-12-7-8-19-17-4-2-1-3-16(12)17/h1-4,7-8,13-15H,5-6,9-11,18H2. The van der Waals surface area contributed by atoms with Gasteiger partial charge in [0.05, 0.1) is 5.52 Å². The van der Waals surface area contributed by atoms with Gasteiger partial charge in [0.1, 0.15) is 0 Å². The fourth-order valence-corrected chi connectivity index (χ4v) is 4.06. The van der Waals surface area contributed by atoms with E-state index in [2.05, 4.69) is 40.2 Å². The van der Waals surface area contributed by atoms with Gasteiger partial charge in [-0.15, -0.1) is 0 Å². The number of nitrogens with two attached hydrogens (primary N) is 1. The van der Waals surface area contributed by atoms with Crippen LogP contribution in [-0.2, 0) is 6.54 Å². The van der Waals surface area contributed by atoms with E-state index in [1.165, 1.54) is 36.6 Å². The molecule has 2 unspecified atom stereocenters. The van der Waals surface area contributed by atoms with Crippen molar-refractivity contribution in [3.05, 3.63) is 42.1 Å². The second-order valence-corrected chi connectivity index (χ2v) is 6.28. The van der Waals surface area contributed by atoms with Gasteiger partial charge in [0.25, 0.3) is 0 Å². The minimum atomic E-state index is 0.415. The fourth-order valence-electron chi connectivity index (χ4n) is 4.06. The molecule has 1 aromatic carbocycles. The Morgan fingerprint density at radius 1 is 1.10 bits per heavy atom. The van der Waals surface area contributed by atoms with Crippen LogP contribution in [0.1, 0.15) is 31.2 Å². The van der Waals surface area contributed by atoms with Crippen molar-refractivity contribution in [3.63, 3.8) is 0 Å². The summed E-state index contributed by atoms with van der Waals surface area (Å²) in [6.45, 7) is 1.05. The van der Waals surface area contributed by atoms with Crippen LogP contribution in [0.4, 0.5) is 0 Å². The van der Waals surface area contributed by atoms with Crippen LogP contribution in [-0.4, -0.2) is 28.0 Å². The molecule has 0 spiro atoms. The van der Waals surface area contributed by atoms with Gasteiger partial charge >= 0.3 is 0 Å². The zero-order valence-corrected chi connectivity index (χ0v) is 11.7. The molecule has 2 aromatic rings. The van der Waals surface area contributed by atoms with E-state index in [1.807, 2.05) is 6.20 Å². The number of para-hydroxylation sites is 1. The second kappa shape index (κ2) is 4.83. The Kier molecular flexibility index (Phi) is 2.97. The molecule has 2 bridgehead atoms. The average molecular weight is 267 g/mol. The van der Waals surface area contributed by atoms with Gasteiger partial charge in [-0.3, -0.25) is 9.88 Å². The highest BCUT2D eigenvalue weighted by Crippen LogP contribution is 2.36. The van der Waals surface area contributed by atoms with E-state index in [-0.39, 0.29) is 0 Å². The third-order valence-corrected chi connectivity index (χ3v) is 5.01. The SMILES string of the molecule is NC1CC2CCC(C1)N2Cc1ccnc2ccccc12. The van der Waals surface area contributed by atoms with Crippen LogP contribution < -0.4 is 5.73 Å². The van der Waals surface area contributed by atoms with E-state index in [1.54, 1.807) is 0 Å². The Morgan fingerprint density at radius 3 is 2.65 bits per heavy atom. The number of benzene rings is 1. The van der Waals surface area contributed by atoms with Crippen molar-refractivity contribution in [1.82, 2.24) is 9.88 Å². The quantitative estimate of drug-likeness (QED) is 0.909. The van der Waals surface area contributed by atoms with E-state index in [0.717, 1.165) is 12.1 Å². The van der Waals surface area contributed by atoms with Gasteiger partial charge in [-0.05, 0) is 43.4 Å². The van der Waals surface area contributed by atoms with Crippen LogP contribution in [0.2, 0.25) is 0 Å². The lowest BCUT2D eigenvalue weighted by atomic mass is 9.97. The summed E-state index contributed by atoms with van der Waals surface area (Å²) >= 11 is 0. The first-order valence-electron chi connectivity index (χ1n) is 7.65. The molecule has 3 heterocycles. The summed E-state index contributed by atoms with van der Waals surface area (Å²) in [6.07, 6.45) is 6.91. The molecular formula is C17H21N3. The van der Waals surface area contributed by atoms with E-state index in [4.69, 9.17) is 5.73 Å². The van der Waals surface area contributed by atoms with E-state index < -0.39 is 0 Å². The summed E-state index contributed by atoms with van der Waals surface area (Å²) in [5.74, 6) is 0. The number of pyridine rings is 1. The molecule has 2 aliphatic rings. The molecule has 4 rings (SSSR count). The van der Waals surface area contributed by atoms with Crippen molar-refractivity contribution in [1.29, 1.82) is 0 Å². The average Bonchev–Trinajstić information content (AvgIpc) is 2.70. The molecule has 20 heavy (non-hydrogen) atoms. The summed E-state index contributed by atoms with van der Waals surface area (Å²) in [6, 6.07) is 12.4. The lowest BCUT2D eigenvalue weighted by molar-refractivity contribution is 0.120. The molecule has 3 nitrogen and oxygen atoms in total. The van der Waals surface area contributed by atoms with Crippen molar-refractivity contribution in [3.8, 4) is 0 Å². The fraction of sp³-hybridized carbons (Fsp3) is 0.471. The summed E-state index contributed by atoms with van der Waals surface area (Å²) in [4.78, 5) is 7.15. The van der Waals surface area contributed by atoms with Crippen molar-refractivity contribution in [2.75, 3.05) is 0 Å². The summed E-state index contributed by atoms with van der Waals surface area (Å²) in [5, 5.41) is 1.30. The zero-order valence-electron chi connectivity index (χ0n) is 11.7. The molecule has 2 saturated heterocycles. The monoisotopic (exact) mass is 267 g/mol. The van der Waals surface area contributed by atoms with Gasteiger partial charge in [-0.2, -0.15) is 0 Å². The van der Waals surface area contributed by atoms with Gasteiger partial charge in [0.2, 0.25) is 0 Å². The Bertz CT molecular complexity index is 605. The number of fused-ring (bicyclic) bond motifs is 3. The van der Waals surface area contributed by atoms with Gasteiger partial charge in [0, 0.05) is 36.3 Å². The normalized spacial score (nSPS) is 29.9. The van der Waals surface area contributed by atoms with Gasteiger partial charge in [-0.1, -0.05) is 18.2 Å². The first-order valence-corrected chi connectivity index (χ1v) is 7.65. The van der Waals surface area contributed by atoms with Crippen LogP contribution in [0.15, 0.2) is 36.5 Å². The molecule has 2 fully saturated rings. The summed E-state index contributed by atoms with van der Waals surface area (Å²) in [5.41, 5.74) is 8.67. The van der Waals surface area contributed by atoms with Crippen molar-refractivity contribution in [2.24, 2.45) is 5.73 Å². The Hall–Kier alpha value is -1.45. The van der Waals surface area contributed by atoms with Gasteiger partial charge < -0.3 is 5.73 Å². The third-order valence-electron chi connectivity index (χ3n) is 5.01. The van der Waals surface area contributed by atoms with Crippen LogP contribution in [0, 0.1) is 0 Å². The Morgan fingerprint density at radius 2 is 1.85 bits per heavy atom. The molecule has 2 aliphatic heterocycles. The number of hydrogen-bond acceptors (Lipinski definition) is 3. The maximum Gasteiger partial charge on any atom is 0.0705 e. The second-order valence-electron chi connectivity index (χ2n) is 6.28. The van der Waals surface area contributed by atoms with Crippen LogP contribution >= 0.6 is 0 Å². The molecule has 3 heteroatoms. The predicted molar refractivity (Wildman–Crippen MR) is 81.3 cm³/mol. The number of nitrogens with zero attached hydrogens (tertiary/aromatic N) is 2. The van der Waals surface area contributed by atoms with Crippen molar-refractivity contribution < 1.29 is 0 Å². The summed E-state index contributed by atoms with van der Waals surface area (Å²) < 4.78 is 0. The third kappa shape index (κ3) is 2.02. The van der Waals surface area contributed by atoms with Gasteiger partial charge in [0.15, 0.2) is 0 Å². The zero-order chi connectivity index (χ0) is 13.5.